The molecule has 1 aromatic rings. The van der Waals surface area contributed by atoms with Gasteiger partial charge in [0.25, 0.3) is 0 Å². The quantitative estimate of drug-likeness (QED) is 0.724. The lowest BCUT2D eigenvalue weighted by atomic mass is 10.0. The molecule has 0 radical (unpaired) electrons. The lowest BCUT2D eigenvalue weighted by molar-refractivity contribution is -0.123. The molecule has 3 N–H and O–H groups in total. The van der Waals surface area contributed by atoms with Crippen LogP contribution in [0.2, 0.25) is 0 Å². The smallest absolute Gasteiger partial charge is 0.237 e. The Hall–Kier alpha value is -1.66. The Morgan fingerprint density at radius 2 is 2.19 bits per heavy atom. The minimum absolute atomic E-state index is 0.0165. The molecule has 2 saturated heterocycles. The molecule has 2 unspecified atom stereocenters. The van der Waals surface area contributed by atoms with Crippen LogP contribution in [0.15, 0.2) is 24.4 Å². The average Bonchev–Trinajstić information content (AvgIpc) is 2.96. The van der Waals surface area contributed by atoms with Gasteiger partial charge in [0.1, 0.15) is 5.82 Å². The van der Waals surface area contributed by atoms with E-state index in [1.165, 1.54) is 0 Å². The Bertz CT molecular complexity index is 474. The first-order valence-electron chi connectivity index (χ1n) is 7.60. The first-order chi connectivity index (χ1) is 10.2. The van der Waals surface area contributed by atoms with E-state index in [9.17, 15) is 9.90 Å². The number of β-amino-alcohol motifs (C(OH)–C–C–N with tert-alkyl or cyclic N) is 1. The highest BCUT2D eigenvalue weighted by Gasteiger charge is 2.30. The third-order valence-electron chi connectivity index (χ3n) is 4.24. The van der Waals surface area contributed by atoms with Gasteiger partial charge in [-0.25, -0.2) is 4.98 Å². The first-order valence-corrected chi connectivity index (χ1v) is 7.60. The molecule has 0 spiro atoms. The summed E-state index contributed by atoms with van der Waals surface area (Å²) in [6, 6.07) is 5.90. The molecule has 1 amide bonds. The molecule has 21 heavy (non-hydrogen) atoms. The summed E-state index contributed by atoms with van der Waals surface area (Å²) in [5.74, 6) is 1.02. The monoisotopic (exact) mass is 290 g/mol. The topological polar surface area (TPSA) is 77.5 Å². The van der Waals surface area contributed by atoms with Crippen molar-refractivity contribution in [2.75, 3.05) is 24.5 Å². The summed E-state index contributed by atoms with van der Waals surface area (Å²) in [6.07, 6.45) is 3.78. The fraction of sp³-hybridized carbons (Fsp3) is 0.600. The van der Waals surface area contributed by atoms with E-state index in [0.717, 1.165) is 31.7 Å². The highest BCUT2D eigenvalue weighted by atomic mass is 16.3. The van der Waals surface area contributed by atoms with E-state index in [-0.39, 0.29) is 18.0 Å². The molecule has 0 aliphatic carbocycles. The van der Waals surface area contributed by atoms with E-state index >= 15 is 0 Å². The molecule has 114 valence electrons. The fourth-order valence-corrected chi connectivity index (χ4v) is 3.01. The maximum atomic E-state index is 12.1. The summed E-state index contributed by atoms with van der Waals surface area (Å²) in [5.41, 5.74) is 0. The number of rotatable bonds is 3. The number of hydrogen-bond donors (Lipinski definition) is 3. The molecule has 6 nitrogen and oxygen atoms in total. The molecule has 2 aliphatic rings. The number of anilines is 1. The van der Waals surface area contributed by atoms with Gasteiger partial charge in [0.15, 0.2) is 0 Å². The van der Waals surface area contributed by atoms with Crippen LogP contribution in [0.25, 0.3) is 0 Å². The zero-order valence-electron chi connectivity index (χ0n) is 12.0. The maximum Gasteiger partial charge on any atom is 0.237 e. The van der Waals surface area contributed by atoms with Crippen LogP contribution in [0.5, 0.6) is 0 Å². The molecule has 3 rings (SSSR count). The lowest BCUT2D eigenvalue weighted by Crippen LogP contribution is -2.49. The van der Waals surface area contributed by atoms with Gasteiger partial charge in [-0.3, -0.25) is 4.79 Å². The van der Waals surface area contributed by atoms with E-state index in [2.05, 4.69) is 20.5 Å². The van der Waals surface area contributed by atoms with E-state index in [1.54, 1.807) is 6.20 Å². The van der Waals surface area contributed by atoms with Crippen LogP contribution >= 0.6 is 0 Å². The van der Waals surface area contributed by atoms with Crippen molar-refractivity contribution in [2.24, 2.45) is 0 Å². The summed E-state index contributed by atoms with van der Waals surface area (Å²) < 4.78 is 0. The van der Waals surface area contributed by atoms with Crippen molar-refractivity contribution in [3.05, 3.63) is 24.4 Å². The van der Waals surface area contributed by atoms with Crippen molar-refractivity contribution >= 4 is 11.7 Å². The predicted molar refractivity (Wildman–Crippen MR) is 80.0 cm³/mol. The minimum Gasteiger partial charge on any atom is -0.392 e. The van der Waals surface area contributed by atoms with E-state index in [1.807, 2.05) is 18.2 Å². The lowest BCUT2D eigenvalue weighted by Gasteiger charge is -2.33. The Kier molecular flexibility index (Phi) is 4.36. The summed E-state index contributed by atoms with van der Waals surface area (Å²) in [4.78, 5) is 18.7. The number of carbonyl (C=O) groups excluding carboxylic acids is 1. The molecule has 2 atom stereocenters. The molecule has 0 saturated carbocycles. The number of aliphatic hydroxyl groups excluding tert-OH is 1. The summed E-state index contributed by atoms with van der Waals surface area (Å²) in [7, 11) is 0. The van der Waals surface area contributed by atoms with Crippen molar-refractivity contribution in [2.45, 2.75) is 37.5 Å². The second-order valence-corrected chi connectivity index (χ2v) is 5.81. The van der Waals surface area contributed by atoms with Crippen LogP contribution in [0.3, 0.4) is 0 Å². The number of aromatic nitrogens is 1. The second-order valence-electron chi connectivity index (χ2n) is 5.81. The Morgan fingerprint density at radius 3 is 2.81 bits per heavy atom. The van der Waals surface area contributed by atoms with Gasteiger partial charge in [-0.1, -0.05) is 6.07 Å². The van der Waals surface area contributed by atoms with Gasteiger partial charge in [-0.15, -0.1) is 0 Å². The largest absolute Gasteiger partial charge is 0.392 e. The Labute approximate surface area is 124 Å². The Balaban J connectivity index is 1.47. The van der Waals surface area contributed by atoms with Gasteiger partial charge in [0.05, 0.1) is 12.1 Å². The van der Waals surface area contributed by atoms with Crippen molar-refractivity contribution in [1.29, 1.82) is 0 Å². The fourth-order valence-electron chi connectivity index (χ4n) is 3.01. The number of pyridine rings is 1. The van der Waals surface area contributed by atoms with Gasteiger partial charge in [-0.2, -0.15) is 0 Å². The van der Waals surface area contributed by atoms with Crippen LogP contribution in [0, 0.1) is 0 Å². The van der Waals surface area contributed by atoms with Crippen LogP contribution < -0.4 is 15.5 Å². The second kappa shape index (κ2) is 6.41. The Morgan fingerprint density at radius 1 is 1.38 bits per heavy atom. The number of piperidine rings is 1. The van der Waals surface area contributed by atoms with E-state index in [4.69, 9.17) is 0 Å². The van der Waals surface area contributed by atoms with Crippen LogP contribution in [0.1, 0.15) is 19.3 Å². The average molecular weight is 290 g/mol. The molecule has 3 heterocycles. The molecule has 0 bridgehead atoms. The van der Waals surface area contributed by atoms with E-state index < -0.39 is 6.10 Å². The van der Waals surface area contributed by atoms with Gasteiger partial charge in [0, 0.05) is 31.9 Å². The number of amides is 1. The maximum absolute atomic E-state index is 12.1. The number of nitrogens with one attached hydrogen (secondary N) is 2. The van der Waals surface area contributed by atoms with Gasteiger partial charge in [0.2, 0.25) is 5.91 Å². The molecule has 0 aromatic carbocycles. The van der Waals surface area contributed by atoms with E-state index in [0.29, 0.717) is 13.0 Å². The molecule has 2 aliphatic heterocycles. The van der Waals surface area contributed by atoms with Crippen molar-refractivity contribution < 1.29 is 9.90 Å². The van der Waals surface area contributed by atoms with Crippen molar-refractivity contribution in [3.63, 3.8) is 0 Å². The molecule has 6 heteroatoms. The highest BCUT2D eigenvalue weighted by Crippen LogP contribution is 2.17. The van der Waals surface area contributed by atoms with Gasteiger partial charge < -0.3 is 20.6 Å². The SMILES string of the molecule is O=C(NC1CCN(c2ccccn2)CC1)C1CC(O)CN1. The summed E-state index contributed by atoms with van der Waals surface area (Å²) in [6.45, 7) is 2.32. The molecular formula is C15H22N4O2. The summed E-state index contributed by atoms with van der Waals surface area (Å²) in [5, 5.41) is 15.6. The number of aliphatic hydroxyl groups is 1. The zero-order valence-corrected chi connectivity index (χ0v) is 12.0. The predicted octanol–water partition coefficient (Wildman–Crippen LogP) is -0.111. The molecule has 1 aromatic heterocycles. The third kappa shape index (κ3) is 3.51. The van der Waals surface area contributed by atoms with Crippen LogP contribution in [-0.2, 0) is 4.79 Å². The van der Waals surface area contributed by atoms with Gasteiger partial charge >= 0.3 is 0 Å². The number of hydrogen-bond acceptors (Lipinski definition) is 5. The highest BCUT2D eigenvalue weighted by molar-refractivity contribution is 5.82. The normalized spacial score (nSPS) is 26.8. The number of nitrogens with zero attached hydrogens (tertiary/aromatic N) is 2. The number of carbonyl (C=O) groups is 1. The standard InChI is InChI=1S/C15H22N4O2/c20-12-9-13(17-10-12)15(21)18-11-4-7-19(8-5-11)14-3-1-2-6-16-14/h1-3,6,11-13,17,20H,4-5,7-10H2,(H,18,21). The minimum atomic E-state index is -0.397. The first kappa shape index (κ1) is 14.3. The molecule has 2 fully saturated rings. The van der Waals surface area contributed by atoms with Crippen LogP contribution in [0.4, 0.5) is 5.82 Å². The summed E-state index contributed by atoms with van der Waals surface area (Å²) >= 11 is 0. The van der Waals surface area contributed by atoms with Crippen molar-refractivity contribution in [1.82, 2.24) is 15.6 Å². The van der Waals surface area contributed by atoms with Crippen LogP contribution in [-0.4, -0.2) is 53.8 Å². The zero-order chi connectivity index (χ0) is 14.7. The third-order valence-corrected chi connectivity index (χ3v) is 4.24. The molecular weight excluding hydrogens is 268 g/mol. The van der Waals surface area contributed by atoms with Gasteiger partial charge in [-0.05, 0) is 31.4 Å². The van der Waals surface area contributed by atoms with Crippen molar-refractivity contribution in [3.8, 4) is 0 Å².